The van der Waals surface area contributed by atoms with Crippen LogP contribution in [-0.2, 0) is 9.53 Å². The van der Waals surface area contributed by atoms with E-state index in [2.05, 4.69) is 0 Å². The van der Waals surface area contributed by atoms with Gasteiger partial charge in [-0.05, 0) is 19.3 Å². The van der Waals surface area contributed by atoms with Gasteiger partial charge in [0.25, 0.3) is 0 Å². The van der Waals surface area contributed by atoms with Gasteiger partial charge >= 0.3 is 5.97 Å². The molecule has 14 heavy (non-hydrogen) atoms. The highest BCUT2D eigenvalue weighted by Crippen LogP contribution is 2.39. The van der Waals surface area contributed by atoms with Crippen molar-refractivity contribution in [3.63, 3.8) is 0 Å². The highest BCUT2D eigenvalue weighted by atomic mass is 33.1. The topological polar surface area (TPSA) is 26.3 Å². The lowest BCUT2D eigenvalue weighted by atomic mass is 10.1. The molecule has 1 rings (SSSR count). The third-order valence-corrected chi connectivity index (χ3v) is 5.21. The van der Waals surface area contributed by atoms with Crippen molar-refractivity contribution in [2.75, 3.05) is 12.4 Å². The summed E-state index contributed by atoms with van der Waals surface area (Å²) >= 11 is 0. The van der Waals surface area contributed by atoms with E-state index in [4.69, 9.17) is 4.74 Å². The maximum atomic E-state index is 10.5. The van der Waals surface area contributed by atoms with Crippen molar-refractivity contribution in [2.24, 2.45) is 0 Å². The van der Waals surface area contributed by atoms with Crippen LogP contribution in [0.1, 0.15) is 39.0 Å². The SMILES string of the molecule is CC(=O)OCCCCCC1CCSS1. The molecule has 0 spiro atoms. The maximum absolute atomic E-state index is 10.5. The Hall–Kier alpha value is 0.170. The molecular weight excluding hydrogens is 216 g/mol. The van der Waals surface area contributed by atoms with Crippen molar-refractivity contribution in [1.82, 2.24) is 0 Å². The Balaban J connectivity index is 1.82. The Morgan fingerprint density at radius 3 is 2.93 bits per heavy atom. The molecule has 0 radical (unpaired) electrons. The van der Waals surface area contributed by atoms with Gasteiger partial charge in [0, 0.05) is 17.9 Å². The first-order valence-corrected chi connectivity index (χ1v) is 7.59. The third kappa shape index (κ3) is 5.81. The third-order valence-electron chi connectivity index (χ3n) is 2.20. The molecule has 1 fully saturated rings. The summed E-state index contributed by atoms with van der Waals surface area (Å²) < 4.78 is 4.87. The first-order chi connectivity index (χ1) is 6.79. The van der Waals surface area contributed by atoms with Crippen LogP contribution in [0.4, 0.5) is 0 Å². The van der Waals surface area contributed by atoms with Crippen molar-refractivity contribution < 1.29 is 9.53 Å². The van der Waals surface area contributed by atoms with Crippen LogP contribution in [0, 0.1) is 0 Å². The Morgan fingerprint density at radius 2 is 2.29 bits per heavy atom. The molecule has 0 bridgehead atoms. The smallest absolute Gasteiger partial charge is 0.302 e. The number of hydrogen-bond donors (Lipinski definition) is 0. The monoisotopic (exact) mass is 234 g/mol. The van der Waals surface area contributed by atoms with Crippen LogP contribution in [0.15, 0.2) is 0 Å². The summed E-state index contributed by atoms with van der Waals surface area (Å²) in [6.45, 7) is 2.06. The Morgan fingerprint density at radius 1 is 1.43 bits per heavy atom. The Kier molecular flexibility index (Phi) is 6.52. The summed E-state index contributed by atoms with van der Waals surface area (Å²) in [6.07, 6.45) is 6.19. The molecule has 4 heteroatoms. The first kappa shape index (κ1) is 12.2. The van der Waals surface area contributed by atoms with Crippen LogP contribution in [0.2, 0.25) is 0 Å². The minimum atomic E-state index is -0.159. The maximum Gasteiger partial charge on any atom is 0.302 e. The van der Waals surface area contributed by atoms with E-state index in [-0.39, 0.29) is 5.97 Å². The van der Waals surface area contributed by atoms with Crippen LogP contribution in [0.25, 0.3) is 0 Å². The molecule has 0 aromatic carbocycles. The average Bonchev–Trinajstić information content (AvgIpc) is 2.63. The minimum absolute atomic E-state index is 0.159. The van der Waals surface area contributed by atoms with Gasteiger partial charge in [0.2, 0.25) is 0 Å². The highest BCUT2D eigenvalue weighted by Gasteiger charge is 2.15. The predicted octanol–water partition coefficient (Wildman–Crippen LogP) is 3.26. The zero-order chi connectivity index (χ0) is 10.2. The largest absolute Gasteiger partial charge is 0.466 e. The number of carbonyl (C=O) groups is 1. The second-order valence-corrected chi connectivity index (χ2v) is 6.31. The summed E-state index contributed by atoms with van der Waals surface area (Å²) in [5, 5.41) is 0.883. The molecule has 0 aliphatic carbocycles. The van der Waals surface area contributed by atoms with Gasteiger partial charge in [-0.2, -0.15) is 0 Å². The van der Waals surface area contributed by atoms with E-state index in [1.165, 1.54) is 38.4 Å². The average molecular weight is 234 g/mol. The fourth-order valence-corrected chi connectivity index (χ4v) is 4.46. The molecular formula is C10H18O2S2. The van der Waals surface area contributed by atoms with E-state index < -0.39 is 0 Å². The van der Waals surface area contributed by atoms with E-state index >= 15 is 0 Å². The number of rotatable bonds is 6. The summed E-state index contributed by atoms with van der Waals surface area (Å²) in [4.78, 5) is 10.5. The van der Waals surface area contributed by atoms with Gasteiger partial charge < -0.3 is 4.74 Å². The van der Waals surface area contributed by atoms with Crippen LogP contribution in [0.5, 0.6) is 0 Å². The van der Waals surface area contributed by atoms with Gasteiger partial charge in [0.05, 0.1) is 6.61 Å². The molecule has 1 atom stereocenters. The molecule has 1 aliphatic rings. The Bertz CT molecular complexity index is 168. The number of hydrogen-bond acceptors (Lipinski definition) is 4. The lowest BCUT2D eigenvalue weighted by molar-refractivity contribution is -0.141. The lowest BCUT2D eigenvalue weighted by Crippen LogP contribution is -2.01. The van der Waals surface area contributed by atoms with Gasteiger partial charge in [-0.1, -0.05) is 34.4 Å². The van der Waals surface area contributed by atoms with Crippen molar-refractivity contribution in [3.05, 3.63) is 0 Å². The molecule has 0 N–H and O–H groups in total. The second kappa shape index (κ2) is 7.46. The van der Waals surface area contributed by atoms with Gasteiger partial charge in [0.15, 0.2) is 0 Å². The van der Waals surface area contributed by atoms with Crippen molar-refractivity contribution >= 4 is 27.6 Å². The number of esters is 1. The number of unbranched alkanes of at least 4 members (excludes halogenated alkanes) is 2. The number of carbonyl (C=O) groups excluding carboxylic acids is 1. The molecule has 82 valence electrons. The number of ether oxygens (including phenoxy) is 1. The van der Waals surface area contributed by atoms with E-state index in [0.717, 1.165) is 11.7 Å². The molecule has 1 aliphatic heterocycles. The van der Waals surface area contributed by atoms with Gasteiger partial charge in [-0.3, -0.25) is 4.79 Å². The fourth-order valence-electron chi connectivity index (χ4n) is 1.43. The Labute approximate surface area is 93.9 Å². The quantitative estimate of drug-likeness (QED) is 0.400. The molecule has 0 aromatic rings. The van der Waals surface area contributed by atoms with E-state index in [9.17, 15) is 4.79 Å². The summed E-state index contributed by atoms with van der Waals surface area (Å²) in [7, 11) is 4.04. The van der Waals surface area contributed by atoms with Crippen molar-refractivity contribution in [1.29, 1.82) is 0 Å². The van der Waals surface area contributed by atoms with Crippen molar-refractivity contribution in [3.8, 4) is 0 Å². The molecule has 0 amide bonds. The standard InChI is InChI=1S/C10H18O2S2/c1-9(11)12-7-4-2-3-5-10-6-8-13-14-10/h10H,2-8H2,1H3. The lowest BCUT2D eigenvalue weighted by Gasteiger charge is -2.06. The molecule has 2 nitrogen and oxygen atoms in total. The van der Waals surface area contributed by atoms with Gasteiger partial charge in [-0.25, -0.2) is 0 Å². The molecule has 0 aromatic heterocycles. The molecule has 1 unspecified atom stereocenters. The summed E-state index contributed by atoms with van der Waals surface area (Å²) in [5.41, 5.74) is 0. The van der Waals surface area contributed by atoms with Gasteiger partial charge in [-0.15, -0.1) is 0 Å². The van der Waals surface area contributed by atoms with Gasteiger partial charge in [0.1, 0.15) is 0 Å². The van der Waals surface area contributed by atoms with Crippen LogP contribution >= 0.6 is 21.6 Å². The van der Waals surface area contributed by atoms with Crippen LogP contribution in [0.3, 0.4) is 0 Å². The molecule has 1 saturated heterocycles. The molecule has 0 saturated carbocycles. The molecule has 1 heterocycles. The second-order valence-electron chi connectivity index (χ2n) is 3.52. The van der Waals surface area contributed by atoms with Crippen LogP contribution < -0.4 is 0 Å². The van der Waals surface area contributed by atoms with E-state index in [1.54, 1.807) is 0 Å². The van der Waals surface area contributed by atoms with E-state index in [1.807, 2.05) is 21.6 Å². The zero-order valence-corrected chi connectivity index (χ0v) is 10.3. The van der Waals surface area contributed by atoms with Crippen LogP contribution in [-0.4, -0.2) is 23.6 Å². The summed E-state index contributed by atoms with van der Waals surface area (Å²) in [5.74, 6) is 1.16. The first-order valence-electron chi connectivity index (χ1n) is 5.20. The zero-order valence-electron chi connectivity index (χ0n) is 8.66. The summed E-state index contributed by atoms with van der Waals surface area (Å²) in [6, 6.07) is 0. The van der Waals surface area contributed by atoms with Crippen molar-refractivity contribution in [2.45, 2.75) is 44.3 Å². The highest BCUT2D eigenvalue weighted by molar-refractivity contribution is 8.77. The van der Waals surface area contributed by atoms with E-state index in [0.29, 0.717) is 6.61 Å². The fraction of sp³-hybridized carbons (Fsp3) is 0.900. The normalized spacial score (nSPS) is 21.1. The predicted molar refractivity (Wildman–Crippen MR) is 63.6 cm³/mol. The minimum Gasteiger partial charge on any atom is -0.466 e.